The maximum atomic E-state index is 13.2. The number of fused-ring (bicyclic) bond motifs is 1. The largest absolute Gasteiger partial charge is 0.383 e. The normalized spacial score (nSPS) is 12.4. The SMILES string of the molecule is COC[C@H](C)n1c(C)cc(C(=O)CSc2nc3ccccc3n2CCc2ccccc2)c1C. The summed E-state index contributed by atoms with van der Waals surface area (Å²) >= 11 is 1.52. The molecule has 33 heavy (non-hydrogen) atoms. The van der Waals surface area contributed by atoms with Crippen molar-refractivity contribution in [1.29, 1.82) is 0 Å². The molecule has 2 aromatic carbocycles. The molecule has 5 nitrogen and oxygen atoms in total. The Kier molecular flexibility index (Phi) is 7.36. The second-order valence-electron chi connectivity index (χ2n) is 8.44. The van der Waals surface area contributed by atoms with Crippen LogP contribution in [0, 0.1) is 13.8 Å². The number of rotatable bonds is 10. The Morgan fingerprint density at radius 2 is 1.82 bits per heavy atom. The number of imidazole rings is 1. The van der Waals surface area contributed by atoms with Crippen LogP contribution in [-0.2, 0) is 17.7 Å². The number of benzene rings is 2. The zero-order valence-electron chi connectivity index (χ0n) is 19.7. The van der Waals surface area contributed by atoms with Crippen molar-refractivity contribution in [3.63, 3.8) is 0 Å². The van der Waals surface area contributed by atoms with Crippen LogP contribution in [0.2, 0.25) is 0 Å². The monoisotopic (exact) mass is 461 g/mol. The fraction of sp³-hybridized carbons (Fsp3) is 0.333. The quantitative estimate of drug-likeness (QED) is 0.219. The number of hydrogen-bond acceptors (Lipinski definition) is 4. The summed E-state index contributed by atoms with van der Waals surface area (Å²) in [5.41, 5.74) is 6.23. The summed E-state index contributed by atoms with van der Waals surface area (Å²) in [6, 6.07) is 20.8. The molecule has 0 saturated heterocycles. The van der Waals surface area contributed by atoms with Gasteiger partial charge in [-0.3, -0.25) is 4.79 Å². The average molecular weight is 462 g/mol. The van der Waals surface area contributed by atoms with E-state index < -0.39 is 0 Å². The minimum Gasteiger partial charge on any atom is -0.383 e. The van der Waals surface area contributed by atoms with Crippen LogP contribution < -0.4 is 0 Å². The number of hydrogen-bond donors (Lipinski definition) is 0. The molecule has 0 saturated carbocycles. The molecule has 0 aliphatic rings. The summed E-state index contributed by atoms with van der Waals surface area (Å²) in [4.78, 5) is 18.0. The number of thioether (sulfide) groups is 1. The zero-order chi connectivity index (χ0) is 23.4. The first kappa shape index (κ1) is 23.3. The third-order valence-corrected chi connectivity index (χ3v) is 7.03. The summed E-state index contributed by atoms with van der Waals surface area (Å²) in [5, 5.41) is 0.891. The third-order valence-electron chi connectivity index (χ3n) is 6.05. The maximum absolute atomic E-state index is 13.2. The molecule has 4 rings (SSSR count). The van der Waals surface area contributed by atoms with Gasteiger partial charge in [0, 0.05) is 30.6 Å². The van der Waals surface area contributed by atoms with Crippen molar-refractivity contribution in [2.24, 2.45) is 0 Å². The highest BCUT2D eigenvalue weighted by molar-refractivity contribution is 7.99. The van der Waals surface area contributed by atoms with E-state index in [1.165, 1.54) is 17.3 Å². The smallest absolute Gasteiger partial charge is 0.175 e. The molecular weight excluding hydrogens is 430 g/mol. The number of aryl methyl sites for hydroxylation is 3. The third kappa shape index (κ3) is 5.07. The van der Waals surface area contributed by atoms with Gasteiger partial charge in [-0.25, -0.2) is 4.98 Å². The van der Waals surface area contributed by atoms with Crippen LogP contribution in [0.3, 0.4) is 0 Å². The van der Waals surface area contributed by atoms with Crippen molar-refractivity contribution in [2.45, 2.75) is 44.9 Å². The summed E-state index contributed by atoms with van der Waals surface area (Å²) in [6.07, 6.45) is 0.918. The number of Topliss-reactive ketones (excluding diaryl/α,β-unsaturated/α-hetero) is 1. The van der Waals surface area contributed by atoms with Gasteiger partial charge in [0.2, 0.25) is 0 Å². The van der Waals surface area contributed by atoms with Gasteiger partial charge in [0.25, 0.3) is 0 Å². The second-order valence-corrected chi connectivity index (χ2v) is 9.38. The number of ketones is 1. The van der Waals surface area contributed by atoms with Crippen molar-refractivity contribution in [2.75, 3.05) is 19.5 Å². The first-order valence-corrected chi connectivity index (χ1v) is 12.3. The van der Waals surface area contributed by atoms with Gasteiger partial charge in [-0.1, -0.05) is 54.2 Å². The van der Waals surface area contributed by atoms with Crippen LogP contribution in [0.1, 0.15) is 40.3 Å². The van der Waals surface area contributed by atoms with Gasteiger partial charge in [0.15, 0.2) is 10.9 Å². The number of aromatic nitrogens is 3. The number of ether oxygens (including phenoxy) is 1. The lowest BCUT2D eigenvalue weighted by atomic mass is 10.1. The first-order valence-electron chi connectivity index (χ1n) is 11.3. The van der Waals surface area contributed by atoms with Crippen LogP contribution >= 0.6 is 11.8 Å². The van der Waals surface area contributed by atoms with Crippen LogP contribution in [0.15, 0.2) is 65.8 Å². The molecule has 0 unspecified atom stereocenters. The van der Waals surface area contributed by atoms with Crippen LogP contribution in [-0.4, -0.2) is 39.4 Å². The Bertz CT molecular complexity index is 1240. The highest BCUT2D eigenvalue weighted by Gasteiger charge is 2.20. The predicted molar refractivity (Wildman–Crippen MR) is 135 cm³/mol. The van der Waals surface area contributed by atoms with E-state index in [2.05, 4.69) is 46.4 Å². The summed E-state index contributed by atoms with van der Waals surface area (Å²) in [7, 11) is 1.71. The Labute approximate surface area is 199 Å². The zero-order valence-corrected chi connectivity index (χ0v) is 20.6. The van der Waals surface area contributed by atoms with Crippen molar-refractivity contribution in [3.8, 4) is 0 Å². The van der Waals surface area contributed by atoms with Gasteiger partial charge in [-0.2, -0.15) is 0 Å². The molecule has 172 valence electrons. The average Bonchev–Trinajstić information content (AvgIpc) is 3.33. The minimum absolute atomic E-state index is 0.130. The molecule has 0 radical (unpaired) electrons. The van der Waals surface area contributed by atoms with Gasteiger partial charge in [-0.15, -0.1) is 0 Å². The topological polar surface area (TPSA) is 49.1 Å². The molecule has 0 aliphatic carbocycles. The van der Waals surface area contributed by atoms with Crippen molar-refractivity contribution >= 4 is 28.6 Å². The van der Waals surface area contributed by atoms with Crippen LogP contribution in [0.5, 0.6) is 0 Å². The van der Waals surface area contributed by atoms with E-state index >= 15 is 0 Å². The number of carbonyl (C=O) groups excluding carboxylic acids is 1. The number of nitrogens with zero attached hydrogens (tertiary/aromatic N) is 3. The standard InChI is InChI=1S/C27H31N3O2S/c1-19-16-23(21(3)30(19)20(2)17-32-4)26(31)18-33-27-28-24-12-8-9-13-25(24)29(27)15-14-22-10-6-5-7-11-22/h5-13,16,20H,14-15,17-18H2,1-4H3/t20-/m0/s1. The van der Waals surface area contributed by atoms with Crippen LogP contribution in [0.25, 0.3) is 11.0 Å². The number of carbonyl (C=O) groups is 1. The Morgan fingerprint density at radius 1 is 1.09 bits per heavy atom. The Balaban J connectivity index is 1.54. The molecule has 0 bridgehead atoms. The Hall–Kier alpha value is -2.83. The second kappa shape index (κ2) is 10.4. The number of para-hydroxylation sites is 2. The van der Waals surface area contributed by atoms with Crippen molar-refractivity contribution in [1.82, 2.24) is 14.1 Å². The molecule has 2 aromatic heterocycles. The van der Waals surface area contributed by atoms with E-state index in [0.717, 1.165) is 46.1 Å². The fourth-order valence-corrected chi connectivity index (χ4v) is 5.45. The summed E-state index contributed by atoms with van der Waals surface area (Å²) in [5.74, 6) is 0.489. The molecule has 4 aromatic rings. The van der Waals surface area contributed by atoms with Gasteiger partial charge in [0.05, 0.1) is 29.4 Å². The highest BCUT2D eigenvalue weighted by atomic mass is 32.2. The molecular formula is C27H31N3O2S. The van der Waals surface area contributed by atoms with E-state index in [9.17, 15) is 4.79 Å². The molecule has 2 heterocycles. The molecule has 1 atom stereocenters. The lowest BCUT2D eigenvalue weighted by Crippen LogP contribution is -2.15. The van der Waals surface area contributed by atoms with E-state index in [1.807, 2.05) is 44.2 Å². The van der Waals surface area contributed by atoms with E-state index in [0.29, 0.717) is 12.4 Å². The van der Waals surface area contributed by atoms with Crippen molar-refractivity contribution < 1.29 is 9.53 Å². The van der Waals surface area contributed by atoms with E-state index in [4.69, 9.17) is 9.72 Å². The minimum atomic E-state index is 0.130. The van der Waals surface area contributed by atoms with Gasteiger partial charge in [0.1, 0.15) is 0 Å². The molecule has 0 spiro atoms. The number of methoxy groups -OCH3 is 1. The lowest BCUT2D eigenvalue weighted by molar-refractivity contribution is 0.102. The molecule has 6 heteroatoms. The summed E-state index contributed by atoms with van der Waals surface area (Å²) < 4.78 is 9.75. The first-order chi connectivity index (χ1) is 16.0. The van der Waals surface area contributed by atoms with Gasteiger partial charge >= 0.3 is 0 Å². The lowest BCUT2D eigenvalue weighted by Gasteiger charge is -2.17. The fourth-order valence-electron chi connectivity index (χ4n) is 4.53. The molecule has 0 N–H and O–H groups in total. The molecule has 0 fully saturated rings. The Morgan fingerprint density at radius 3 is 2.58 bits per heavy atom. The maximum Gasteiger partial charge on any atom is 0.175 e. The highest BCUT2D eigenvalue weighted by Crippen LogP contribution is 2.27. The predicted octanol–water partition coefficient (Wildman–Crippen LogP) is 5.88. The summed E-state index contributed by atoms with van der Waals surface area (Å²) in [6.45, 7) is 7.62. The van der Waals surface area contributed by atoms with Gasteiger partial charge in [-0.05, 0) is 51.0 Å². The molecule has 0 aliphatic heterocycles. The van der Waals surface area contributed by atoms with E-state index in [1.54, 1.807) is 7.11 Å². The molecule has 0 amide bonds. The van der Waals surface area contributed by atoms with E-state index in [-0.39, 0.29) is 11.8 Å². The van der Waals surface area contributed by atoms with Crippen molar-refractivity contribution in [3.05, 3.63) is 83.2 Å². The van der Waals surface area contributed by atoms with Crippen LogP contribution in [0.4, 0.5) is 0 Å². The van der Waals surface area contributed by atoms with Gasteiger partial charge < -0.3 is 13.9 Å².